The van der Waals surface area contributed by atoms with Crippen molar-refractivity contribution in [3.8, 4) is 0 Å². The zero-order chi connectivity index (χ0) is 15.3. The summed E-state index contributed by atoms with van der Waals surface area (Å²) in [6.07, 6.45) is 3.29. The smallest absolute Gasteiger partial charge is 0.325 e. The van der Waals surface area contributed by atoms with Crippen LogP contribution in [0.1, 0.15) is 0 Å². The Labute approximate surface area is 120 Å². The van der Waals surface area contributed by atoms with E-state index in [1.54, 1.807) is 36.3 Å². The first kappa shape index (κ1) is 16.2. The third kappa shape index (κ3) is 4.34. The number of nitrogens with zero attached hydrogens (tertiary/aromatic N) is 6. The van der Waals surface area contributed by atoms with Gasteiger partial charge in [-0.1, -0.05) is 0 Å². The van der Waals surface area contributed by atoms with Gasteiger partial charge in [-0.25, -0.2) is 9.78 Å². The van der Waals surface area contributed by atoms with Gasteiger partial charge in [0, 0.05) is 41.3 Å². The molecule has 0 spiro atoms. The molecule has 0 atom stereocenters. The first-order chi connectivity index (χ1) is 9.32. The van der Waals surface area contributed by atoms with Gasteiger partial charge in [0.25, 0.3) is 0 Å². The zero-order valence-electron chi connectivity index (χ0n) is 13.2. The lowest BCUT2D eigenvalue weighted by atomic mass is 10.4. The van der Waals surface area contributed by atoms with Crippen molar-refractivity contribution in [1.82, 2.24) is 19.8 Å². The molecule has 2 amide bonds. The van der Waals surface area contributed by atoms with Crippen LogP contribution in [0.5, 0.6) is 0 Å². The van der Waals surface area contributed by atoms with Gasteiger partial charge in [0.2, 0.25) is 0 Å². The molecule has 0 radical (unpaired) electrons. The van der Waals surface area contributed by atoms with Crippen LogP contribution in [0.3, 0.4) is 0 Å². The molecule has 7 heteroatoms. The molecule has 1 aromatic heterocycles. The lowest BCUT2D eigenvalue weighted by molar-refractivity contribution is 0.222. The third-order valence-electron chi connectivity index (χ3n) is 2.73. The van der Waals surface area contributed by atoms with E-state index < -0.39 is 0 Å². The molecule has 1 rings (SSSR count). The maximum atomic E-state index is 12.3. The molecule has 0 aromatic carbocycles. The van der Waals surface area contributed by atoms with Crippen molar-refractivity contribution in [3.05, 3.63) is 12.4 Å². The van der Waals surface area contributed by atoms with Crippen molar-refractivity contribution < 1.29 is 4.79 Å². The van der Waals surface area contributed by atoms with Crippen LogP contribution < -0.4 is 9.80 Å². The summed E-state index contributed by atoms with van der Waals surface area (Å²) in [6, 6.07) is -0.0999. The Morgan fingerprint density at radius 1 is 1.00 bits per heavy atom. The second kappa shape index (κ2) is 7.04. The van der Waals surface area contributed by atoms with Crippen LogP contribution >= 0.6 is 0 Å². The third-order valence-corrected chi connectivity index (χ3v) is 2.73. The number of hydrogen-bond donors (Lipinski definition) is 0. The molecule has 0 bridgehead atoms. The molecule has 1 aromatic rings. The van der Waals surface area contributed by atoms with Gasteiger partial charge < -0.3 is 14.7 Å². The van der Waals surface area contributed by atoms with Crippen molar-refractivity contribution in [2.24, 2.45) is 0 Å². The number of aromatic nitrogens is 2. The van der Waals surface area contributed by atoms with Crippen molar-refractivity contribution in [1.29, 1.82) is 0 Å². The number of urea groups is 1. The molecule has 112 valence electrons. The zero-order valence-corrected chi connectivity index (χ0v) is 13.2. The van der Waals surface area contributed by atoms with Crippen LogP contribution in [-0.2, 0) is 0 Å². The molecule has 0 saturated carbocycles. The van der Waals surface area contributed by atoms with E-state index in [-0.39, 0.29) is 6.03 Å². The van der Waals surface area contributed by atoms with E-state index >= 15 is 0 Å². The molecule has 0 N–H and O–H groups in total. The topological polar surface area (TPSA) is 55.8 Å². The number of likely N-dealkylation sites (N-methyl/N-ethyl adjacent to an activating group) is 1. The Morgan fingerprint density at radius 3 is 2.10 bits per heavy atom. The van der Waals surface area contributed by atoms with Gasteiger partial charge in [-0.05, 0) is 14.1 Å². The predicted octanol–water partition coefficient (Wildman–Crippen LogP) is 0.592. The first-order valence-corrected chi connectivity index (χ1v) is 6.46. The average molecular weight is 280 g/mol. The second-order valence-corrected chi connectivity index (χ2v) is 5.26. The summed E-state index contributed by atoms with van der Waals surface area (Å²) in [7, 11) is 11.2. The highest BCUT2D eigenvalue weighted by Crippen LogP contribution is 2.15. The largest absolute Gasteiger partial charge is 0.361 e. The Morgan fingerprint density at radius 2 is 1.60 bits per heavy atom. The number of rotatable bonds is 5. The van der Waals surface area contributed by atoms with Gasteiger partial charge in [-0.2, -0.15) is 0 Å². The van der Waals surface area contributed by atoms with Crippen LogP contribution in [0.4, 0.5) is 16.4 Å². The molecule has 0 fully saturated rings. The van der Waals surface area contributed by atoms with Crippen LogP contribution in [0, 0.1) is 0 Å². The fourth-order valence-electron chi connectivity index (χ4n) is 1.54. The monoisotopic (exact) mass is 280 g/mol. The molecule has 7 nitrogen and oxygen atoms in total. The standard InChI is InChI=1S/C13H24N6O/c1-16(2)7-8-19(13(20)18(5)6)12-10-14-9-11(15-12)17(3)4/h9-10H,7-8H2,1-6H3. The van der Waals surface area contributed by atoms with Crippen molar-refractivity contribution >= 4 is 17.7 Å². The molecular weight excluding hydrogens is 256 g/mol. The maximum Gasteiger partial charge on any atom is 0.325 e. The van der Waals surface area contributed by atoms with E-state index in [9.17, 15) is 4.79 Å². The number of anilines is 2. The number of amides is 2. The minimum atomic E-state index is -0.0999. The summed E-state index contributed by atoms with van der Waals surface area (Å²) in [5.74, 6) is 1.29. The number of carbonyl (C=O) groups is 1. The lowest BCUT2D eigenvalue weighted by Crippen LogP contribution is -2.43. The molecule has 0 aliphatic heterocycles. The summed E-state index contributed by atoms with van der Waals surface area (Å²) in [4.78, 5) is 28.0. The highest BCUT2D eigenvalue weighted by Gasteiger charge is 2.19. The molecule has 0 aliphatic rings. The van der Waals surface area contributed by atoms with Crippen molar-refractivity contribution in [3.63, 3.8) is 0 Å². The first-order valence-electron chi connectivity index (χ1n) is 6.46. The van der Waals surface area contributed by atoms with Crippen LogP contribution in [0.15, 0.2) is 12.4 Å². The second-order valence-electron chi connectivity index (χ2n) is 5.26. The normalized spacial score (nSPS) is 10.6. The molecular formula is C13H24N6O. The Kier molecular flexibility index (Phi) is 5.69. The molecule has 1 heterocycles. The van der Waals surface area contributed by atoms with Crippen molar-refractivity contribution in [2.75, 3.05) is 65.2 Å². The Hall–Kier alpha value is -1.89. The van der Waals surface area contributed by atoms with E-state index in [2.05, 4.69) is 9.97 Å². The summed E-state index contributed by atoms with van der Waals surface area (Å²) in [6.45, 7) is 1.32. The molecule has 0 saturated heterocycles. The summed E-state index contributed by atoms with van der Waals surface area (Å²) in [5, 5.41) is 0. The molecule has 20 heavy (non-hydrogen) atoms. The van der Waals surface area contributed by atoms with Gasteiger partial charge in [0.1, 0.15) is 5.82 Å². The van der Waals surface area contributed by atoms with E-state index in [0.29, 0.717) is 12.4 Å². The van der Waals surface area contributed by atoms with Gasteiger partial charge >= 0.3 is 6.03 Å². The summed E-state index contributed by atoms with van der Waals surface area (Å²) in [5.41, 5.74) is 0. The average Bonchev–Trinajstić information content (AvgIpc) is 2.38. The van der Waals surface area contributed by atoms with Crippen LogP contribution in [0.25, 0.3) is 0 Å². The highest BCUT2D eigenvalue weighted by atomic mass is 16.2. The fraction of sp³-hybridized carbons (Fsp3) is 0.615. The Balaban J connectivity index is 3.03. The van der Waals surface area contributed by atoms with Crippen molar-refractivity contribution in [2.45, 2.75) is 0 Å². The van der Waals surface area contributed by atoms with Gasteiger partial charge in [-0.15, -0.1) is 0 Å². The molecule has 0 unspecified atom stereocenters. The summed E-state index contributed by atoms with van der Waals surface area (Å²) < 4.78 is 0. The van der Waals surface area contributed by atoms with Gasteiger partial charge in [0.15, 0.2) is 5.82 Å². The molecule has 0 aliphatic carbocycles. The lowest BCUT2D eigenvalue weighted by Gasteiger charge is -2.27. The van der Waals surface area contributed by atoms with Crippen LogP contribution in [-0.4, -0.2) is 81.2 Å². The quantitative estimate of drug-likeness (QED) is 0.790. The minimum absolute atomic E-state index is 0.0999. The number of carbonyl (C=O) groups excluding carboxylic acids is 1. The van der Waals surface area contributed by atoms with E-state index in [4.69, 9.17) is 0 Å². The minimum Gasteiger partial charge on any atom is -0.361 e. The highest BCUT2D eigenvalue weighted by molar-refractivity contribution is 5.90. The van der Waals surface area contributed by atoms with E-state index in [1.807, 2.05) is 38.0 Å². The van der Waals surface area contributed by atoms with Gasteiger partial charge in [0.05, 0.1) is 12.4 Å². The fourth-order valence-corrected chi connectivity index (χ4v) is 1.54. The SMILES string of the molecule is CN(C)CCN(C(=O)N(C)C)c1cncc(N(C)C)n1. The van der Waals surface area contributed by atoms with Gasteiger partial charge in [-0.3, -0.25) is 9.88 Å². The van der Waals surface area contributed by atoms with Crippen LogP contribution in [0.2, 0.25) is 0 Å². The number of hydrogen-bond acceptors (Lipinski definition) is 5. The maximum absolute atomic E-state index is 12.3. The Bertz CT molecular complexity index is 446. The van der Waals surface area contributed by atoms with E-state index in [0.717, 1.165) is 12.4 Å². The van der Waals surface area contributed by atoms with E-state index in [1.165, 1.54) is 0 Å². The summed E-state index contributed by atoms with van der Waals surface area (Å²) >= 11 is 0. The predicted molar refractivity (Wildman–Crippen MR) is 81.3 cm³/mol.